The van der Waals surface area contributed by atoms with E-state index in [1.54, 1.807) is 0 Å². The van der Waals surface area contributed by atoms with Crippen molar-refractivity contribution in [2.45, 2.75) is 39.7 Å². The summed E-state index contributed by atoms with van der Waals surface area (Å²) >= 11 is 1.81. The van der Waals surface area contributed by atoms with Gasteiger partial charge < -0.3 is 16.0 Å². The first-order valence-corrected chi connectivity index (χ1v) is 10.6. The Morgan fingerprint density at radius 3 is 2.52 bits per heavy atom. The van der Waals surface area contributed by atoms with E-state index >= 15 is 0 Å². The number of guanidine groups is 1. The zero-order valence-corrected chi connectivity index (χ0v) is 19.8. The number of aliphatic imine (C=N–C) groups is 1. The van der Waals surface area contributed by atoms with Gasteiger partial charge in [0.1, 0.15) is 0 Å². The summed E-state index contributed by atoms with van der Waals surface area (Å²) in [4.78, 5) is 20.4. The quantitative estimate of drug-likeness (QED) is 0.208. The number of carbonyl (C=O) groups excluding carboxylic acids is 1. The van der Waals surface area contributed by atoms with Gasteiger partial charge in [-0.25, -0.2) is 0 Å². The lowest BCUT2D eigenvalue weighted by Crippen LogP contribution is -2.42. The molecule has 0 saturated carbocycles. The van der Waals surface area contributed by atoms with Crippen molar-refractivity contribution in [3.63, 3.8) is 0 Å². The van der Waals surface area contributed by atoms with Crippen LogP contribution >= 0.6 is 35.3 Å². The number of hydrogen-bond donors (Lipinski definition) is 3. The number of rotatable bonds is 9. The molecular formula is C19H34IN5OS. The van der Waals surface area contributed by atoms with Crippen molar-refractivity contribution in [2.24, 2.45) is 10.9 Å². The Balaban J connectivity index is 0.00000364. The van der Waals surface area contributed by atoms with Gasteiger partial charge in [0, 0.05) is 30.4 Å². The van der Waals surface area contributed by atoms with E-state index in [-0.39, 0.29) is 35.8 Å². The molecule has 154 valence electrons. The van der Waals surface area contributed by atoms with Crippen molar-refractivity contribution >= 4 is 47.2 Å². The summed E-state index contributed by atoms with van der Waals surface area (Å²) < 4.78 is 0. The Kier molecular flexibility index (Phi) is 11.9. The van der Waals surface area contributed by atoms with Crippen LogP contribution in [0.15, 0.2) is 22.5 Å². The van der Waals surface area contributed by atoms with Gasteiger partial charge in [-0.2, -0.15) is 0 Å². The highest BCUT2D eigenvalue weighted by atomic mass is 127. The van der Waals surface area contributed by atoms with Crippen molar-refractivity contribution in [1.82, 2.24) is 20.9 Å². The molecule has 1 fully saturated rings. The van der Waals surface area contributed by atoms with Crippen LogP contribution in [0.3, 0.4) is 0 Å². The van der Waals surface area contributed by atoms with Gasteiger partial charge in [-0.05, 0) is 44.3 Å². The van der Waals surface area contributed by atoms with Crippen molar-refractivity contribution < 1.29 is 4.79 Å². The summed E-state index contributed by atoms with van der Waals surface area (Å²) in [7, 11) is 0. The minimum absolute atomic E-state index is 0. The zero-order valence-electron chi connectivity index (χ0n) is 16.7. The van der Waals surface area contributed by atoms with Crippen LogP contribution in [0, 0.1) is 5.92 Å². The second kappa shape index (κ2) is 13.3. The van der Waals surface area contributed by atoms with E-state index in [0.717, 1.165) is 32.1 Å². The molecule has 0 spiro atoms. The Morgan fingerprint density at radius 1 is 1.22 bits per heavy atom. The van der Waals surface area contributed by atoms with Gasteiger partial charge >= 0.3 is 0 Å². The first kappa shape index (κ1) is 24.2. The predicted octanol–water partition coefficient (Wildman–Crippen LogP) is 2.83. The van der Waals surface area contributed by atoms with Gasteiger partial charge in [0.05, 0.1) is 12.6 Å². The molecule has 1 aromatic heterocycles. The minimum Gasteiger partial charge on any atom is -0.357 e. The molecular weight excluding hydrogens is 473 g/mol. The molecule has 8 heteroatoms. The molecule has 0 aliphatic carbocycles. The fourth-order valence-corrected chi connectivity index (χ4v) is 3.86. The van der Waals surface area contributed by atoms with Gasteiger partial charge in [0.15, 0.2) is 5.96 Å². The van der Waals surface area contributed by atoms with Crippen LogP contribution in [0.1, 0.15) is 44.5 Å². The van der Waals surface area contributed by atoms with E-state index in [1.165, 1.54) is 17.7 Å². The monoisotopic (exact) mass is 507 g/mol. The SMILES string of the molecule is CCNC(=NCC(c1cccs1)N1CCCC1)NCCNC(=O)C(C)C.I. The summed E-state index contributed by atoms with van der Waals surface area (Å²) in [5.41, 5.74) is 0. The topological polar surface area (TPSA) is 68.8 Å². The molecule has 0 radical (unpaired) electrons. The number of likely N-dealkylation sites (tertiary alicyclic amines) is 1. The predicted molar refractivity (Wildman–Crippen MR) is 125 cm³/mol. The minimum atomic E-state index is 0. The van der Waals surface area contributed by atoms with Gasteiger partial charge in [0.25, 0.3) is 0 Å². The third kappa shape index (κ3) is 8.35. The number of halogens is 1. The molecule has 2 heterocycles. The maximum absolute atomic E-state index is 11.6. The molecule has 1 atom stereocenters. The van der Waals surface area contributed by atoms with E-state index in [2.05, 4.69) is 45.3 Å². The highest BCUT2D eigenvalue weighted by Crippen LogP contribution is 2.28. The molecule has 1 aliphatic rings. The van der Waals surface area contributed by atoms with Crippen LogP contribution in [0.25, 0.3) is 0 Å². The Bertz CT molecular complexity index is 558. The molecule has 1 unspecified atom stereocenters. The molecule has 0 bridgehead atoms. The summed E-state index contributed by atoms with van der Waals surface area (Å²) in [5, 5.41) is 11.7. The number of thiophene rings is 1. The Labute approximate surface area is 184 Å². The molecule has 1 aromatic rings. The first-order valence-electron chi connectivity index (χ1n) is 9.69. The third-order valence-corrected chi connectivity index (χ3v) is 5.43. The smallest absolute Gasteiger partial charge is 0.222 e. The maximum Gasteiger partial charge on any atom is 0.222 e. The fourth-order valence-electron chi connectivity index (χ4n) is 3.01. The lowest BCUT2D eigenvalue weighted by Gasteiger charge is -2.25. The van der Waals surface area contributed by atoms with Crippen molar-refractivity contribution in [3.8, 4) is 0 Å². The summed E-state index contributed by atoms with van der Waals surface area (Å²) in [6, 6.07) is 4.69. The summed E-state index contributed by atoms with van der Waals surface area (Å²) in [5.74, 6) is 0.913. The molecule has 6 nitrogen and oxygen atoms in total. The van der Waals surface area contributed by atoms with Crippen LogP contribution in [-0.4, -0.2) is 56.0 Å². The van der Waals surface area contributed by atoms with Crippen LogP contribution in [0.5, 0.6) is 0 Å². The van der Waals surface area contributed by atoms with Crippen LogP contribution in [0.4, 0.5) is 0 Å². The van der Waals surface area contributed by atoms with Crippen LogP contribution in [0.2, 0.25) is 0 Å². The number of hydrogen-bond acceptors (Lipinski definition) is 4. The van der Waals surface area contributed by atoms with Crippen LogP contribution in [-0.2, 0) is 4.79 Å². The second-order valence-electron chi connectivity index (χ2n) is 6.87. The molecule has 27 heavy (non-hydrogen) atoms. The number of amides is 1. The number of nitrogens with one attached hydrogen (secondary N) is 3. The average molecular weight is 507 g/mol. The van der Waals surface area contributed by atoms with E-state index in [9.17, 15) is 4.79 Å². The molecule has 1 amide bonds. The maximum atomic E-state index is 11.6. The van der Waals surface area contributed by atoms with E-state index < -0.39 is 0 Å². The largest absolute Gasteiger partial charge is 0.357 e. The molecule has 1 aliphatic heterocycles. The van der Waals surface area contributed by atoms with Crippen molar-refractivity contribution in [1.29, 1.82) is 0 Å². The van der Waals surface area contributed by atoms with Crippen LogP contribution < -0.4 is 16.0 Å². The highest BCUT2D eigenvalue weighted by molar-refractivity contribution is 14.0. The molecule has 2 rings (SSSR count). The summed E-state index contributed by atoms with van der Waals surface area (Å²) in [6.07, 6.45) is 2.55. The normalized spacial score (nSPS) is 16.1. The van der Waals surface area contributed by atoms with Gasteiger partial charge in [0.2, 0.25) is 5.91 Å². The van der Waals surface area contributed by atoms with Crippen molar-refractivity contribution in [3.05, 3.63) is 22.4 Å². The van der Waals surface area contributed by atoms with E-state index in [4.69, 9.17) is 4.99 Å². The summed E-state index contributed by atoms with van der Waals surface area (Å²) in [6.45, 7) is 11.0. The molecule has 0 aromatic carbocycles. The lowest BCUT2D eigenvalue weighted by molar-refractivity contribution is -0.123. The fraction of sp³-hybridized carbons (Fsp3) is 0.684. The lowest BCUT2D eigenvalue weighted by atomic mass is 10.2. The number of nitrogens with zero attached hydrogens (tertiary/aromatic N) is 2. The number of carbonyl (C=O) groups is 1. The highest BCUT2D eigenvalue weighted by Gasteiger charge is 2.24. The zero-order chi connectivity index (χ0) is 18.8. The Morgan fingerprint density at radius 2 is 1.93 bits per heavy atom. The average Bonchev–Trinajstić information content (AvgIpc) is 3.32. The van der Waals surface area contributed by atoms with Gasteiger partial charge in [-0.3, -0.25) is 14.7 Å². The first-order chi connectivity index (χ1) is 12.6. The molecule has 3 N–H and O–H groups in total. The van der Waals surface area contributed by atoms with E-state index in [1.807, 2.05) is 25.2 Å². The van der Waals surface area contributed by atoms with Gasteiger partial charge in [-0.15, -0.1) is 35.3 Å². The second-order valence-corrected chi connectivity index (χ2v) is 7.85. The standard InChI is InChI=1S/C19H33N5OS.HI/c1-4-20-19(22-10-9-21-18(25)15(2)3)23-14-16(17-8-7-13-26-17)24-11-5-6-12-24;/h7-8,13,15-16H,4-6,9-12,14H2,1-3H3,(H,21,25)(H2,20,22,23);1H. The van der Waals surface area contributed by atoms with Crippen molar-refractivity contribution in [2.75, 3.05) is 39.3 Å². The third-order valence-electron chi connectivity index (χ3n) is 4.46. The van der Waals surface area contributed by atoms with Gasteiger partial charge in [-0.1, -0.05) is 19.9 Å². The van der Waals surface area contributed by atoms with E-state index in [0.29, 0.717) is 19.1 Å². The Hall–Kier alpha value is -0.870. The molecule has 1 saturated heterocycles.